The van der Waals surface area contributed by atoms with Crippen molar-refractivity contribution in [2.45, 2.75) is 13.3 Å². The summed E-state index contributed by atoms with van der Waals surface area (Å²) in [6, 6.07) is 18.5. The molecule has 1 aromatic heterocycles. The third kappa shape index (κ3) is 4.25. The Hall–Kier alpha value is -3.31. The lowest BCUT2D eigenvalue weighted by molar-refractivity contribution is 0.102. The number of oxazole rings is 1. The normalized spacial score (nSPS) is 10.9. The lowest BCUT2D eigenvalue weighted by Gasteiger charge is -2.08. The van der Waals surface area contributed by atoms with E-state index in [1.54, 1.807) is 18.2 Å². The maximum atomic E-state index is 12.4. The van der Waals surface area contributed by atoms with E-state index in [1.807, 2.05) is 49.4 Å². The minimum atomic E-state index is -0.239. The molecule has 0 aliphatic heterocycles. The van der Waals surface area contributed by atoms with E-state index in [4.69, 9.17) is 20.8 Å². The molecule has 4 rings (SSSR count). The Morgan fingerprint density at radius 2 is 1.90 bits per heavy atom. The first-order valence-corrected chi connectivity index (χ1v) is 9.49. The molecule has 0 aliphatic rings. The van der Waals surface area contributed by atoms with Crippen molar-refractivity contribution in [3.05, 3.63) is 88.3 Å². The van der Waals surface area contributed by atoms with E-state index in [9.17, 15) is 4.79 Å². The van der Waals surface area contributed by atoms with Crippen LogP contribution in [0.5, 0.6) is 5.75 Å². The largest absolute Gasteiger partial charge is 0.495 e. The number of fused-ring (bicyclic) bond motifs is 1. The molecule has 1 N–H and O–H groups in total. The number of benzene rings is 3. The van der Waals surface area contributed by atoms with E-state index in [0.717, 1.165) is 22.2 Å². The number of aromatic nitrogens is 1. The Morgan fingerprint density at radius 3 is 2.62 bits per heavy atom. The van der Waals surface area contributed by atoms with Crippen LogP contribution >= 0.6 is 11.6 Å². The molecule has 0 saturated heterocycles. The van der Waals surface area contributed by atoms with Crippen LogP contribution in [-0.4, -0.2) is 18.0 Å². The highest BCUT2D eigenvalue weighted by Crippen LogP contribution is 2.25. The lowest BCUT2D eigenvalue weighted by Crippen LogP contribution is -2.11. The lowest BCUT2D eigenvalue weighted by atomic mass is 10.1. The molecule has 29 heavy (non-hydrogen) atoms. The quantitative estimate of drug-likeness (QED) is 0.465. The summed E-state index contributed by atoms with van der Waals surface area (Å²) in [6.45, 7) is 2.03. The van der Waals surface area contributed by atoms with Gasteiger partial charge in [-0.05, 0) is 60.5 Å². The molecule has 0 spiro atoms. The van der Waals surface area contributed by atoms with Crippen LogP contribution in [0.1, 0.15) is 27.4 Å². The Bertz CT molecular complexity index is 1180. The molecular weight excluding hydrogens is 388 g/mol. The summed E-state index contributed by atoms with van der Waals surface area (Å²) in [7, 11) is 1.53. The van der Waals surface area contributed by atoms with Crippen LogP contribution < -0.4 is 10.1 Å². The summed E-state index contributed by atoms with van der Waals surface area (Å²) in [5.74, 6) is 0.953. The zero-order valence-electron chi connectivity index (χ0n) is 16.0. The van der Waals surface area contributed by atoms with Gasteiger partial charge in [0, 0.05) is 17.7 Å². The fourth-order valence-electron chi connectivity index (χ4n) is 3.05. The van der Waals surface area contributed by atoms with Crippen LogP contribution in [0.4, 0.5) is 5.69 Å². The molecule has 0 bridgehead atoms. The van der Waals surface area contributed by atoms with Gasteiger partial charge in [-0.3, -0.25) is 4.79 Å². The fourth-order valence-corrected chi connectivity index (χ4v) is 3.31. The van der Waals surface area contributed by atoms with Crippen molar-refractivity contribution >= 4 is 34.3 Å². The number of anilines is 1. The summed E-state index contributed by atoms with van der Waals surface area (Å²) in [5, 5.41) is 3.26. The second-order valence-corrected chi connectivity index (χ2v) is 7.16. The molecular formula is C23H19ClN2O3. The first-order chi connectivity index (χ1) is 14.0. The zero-order chi connectivity index (χ0) is 20.4. The number of ether oxygens (including phenoxy) is 1. The van der Waals surface area contributed by atoms with Gasteiger partial charge < -0.3 is 14.5 Å². The van der Waals surface area contributed by atoms with Crippen LogP contribution in [0.25, 0.3) is 11.1 Å². The molecule has 146 valence electrons. The molecule has 0 fully saturated rings. The number of methoxy groups -OCH3 is 1. The van der Waals surface area contributed by atoms with E-state index in [2.05, 4.69) is 10.3 Å². The van der Waals surface area contributed by atoms with Crippen LogP contribution in [0, 0.1) is 6.92 Å². The minimum Gasteiger partial charge on any atom is -0.495 e. The van der Waals surface area contributed by atoms with Crippen molar-refractivity contribution in [2.24, 2.45) is 0 Å². The predicted molar refractivity (Wildman–Crippen MR) is 114 cm³/mol. The highest BCUT2D eigenvalue weighted by atomic mass is 35.5. The Kier molecular flexibility index (Phi) is 5.23. The zero-order valence-corrected chi connectivity index (χ0v) is 16.8. The van der Waals surface area contributed by atoms with Gasteiger partial charge in [0.25, 0.3) is 5.91 Å². The molecule has 0 atom stereocenters. The minimum absolute atomic E-state index is 0.239. The summed E-state index contributed by atoms with van der Waals surface area (Å²) >= 11 is 6.09. The van der Waals surface area contributed by atoms with Crippen LogP contribution in [0.2, 0.25) is 5.02 Å². The third-order valence-corrected chi connectivity index (χ3v) is 4.86. The average molecular weight is 407 g/mol. The molecule has 5 nitrogen and oxygen atoms in total. The molecule has 0 saturated carbocycles. The van der Waals surface area contributed by atoms with Crippen molar-refractivity contribution < 1.29 is 13.9 Å². The first-order valence-electron chi connectivity index (χ1n) is 9.12. The topological polar surface area (TPSA) is 64.4 Å². The Labute approximate surface area is 173 Å². The molecule has 1 amide bonds. The standard InChI is InChI=1S/C23H19ClN2O3/c1-14-3-9-21-19(11-14)26-22(29-21)12-15-4-7-17(8-5-15)25-23(27)16-6-10-20(28-2)18(24)13-16/h3-11,13H,12H2,1-2H3,(H,25,27). The Balaban J connectivity index is 1.44. The average Bonchev–Trinajstić information content (AvgIpc) is 3.10. The van der Waals surface area contributed by atoms with Gasteiger partial charge >= 0.3 is 0 Å². The number of hydrogen-bond donors (Lipinski definition) is 1. The van der Waals surface area contributed by atoms with Crippen LogP contribution in [0.3, 0.4) is 0 Å². The number of nitrogens with one attached hydrogen (secondary N) is 1. The summed E-state index contributed by atoms with van der Waals surface area (Å²) in [6.07, 6.45) is 0.579. The molecule has 4 aromatic rings. The number of carbonyl (C=O) groups excluding carboxylic acids is 1. The second kappa shape index (κ2) is 7.97. The van der Waals surface area contributed by atoms with Crippen molar-refractivity contribution in [2.75, 3.05) is 12.4 Å². The number of carbonyl (C=O) groups is 1. The highest BCUT2D eigenvalue weighted by Gasteiger charge is 2.10. The third-order valence-electron chi connectivity index (χ3n) is 4.57. The molecule has 3 aromatic carbocycles. The number of hydrogen-bond acceptors (Lipinski definition) is 4. The summed E-state index contributed by atoms with van der Waals surface area (Å²) in [4.78, 5) is 17.0. The van der Waals surface area contributed by atoms with Gasteiger partial charge in [-0.15, -0.1) is 0 Å². The molecule has 0 unspecified atom stereocenters. The number of aryl methyl sites for hydroxylation is 1. The van der Waals surface area contributed by atoms with Gasteiger partial charge in [0.05, 0.1) is 12.1 Å². The first kappa shape index (κ1) is 19.0. The fraction of sp³-hybridized carbons (Fsp3) is 0.130. The molecule has 1 heterocycles. The van der Waals surface area contributed by atoms with E-state index in [1.165, 1.54) is 7.11 Å². The Morgan fingerprint density at radius 1 is 1.10 bits per heavy atom. The van der Waals surface area contributed by atoms with E-state index in [0.29, 0.717) is 34.3 Å². The molecule has 0 radical (unpaired) electrons. The number of nitrogens with zero attached hydrogens (tertiary/aromatic N) is 1. The molecule has 6 heteroatoms. The monoisotopic (exact) mass is 406 g/mol. The van der Waals surface area contributed by atoms with Gasteiger partial charge in [-0.2, -0.15) is 0 Å². The van der Waals surface area contributed by atoms with Gasteiger partial charge in [0.15, 0.2) is 11.5 Å². The van der Waals surface area contributed by atoms with Crippen molar-refractivity contribution in [3.8, 4) is 5.75 Å². The van der Waals surface area contributed by atoms with Gasteiger partial charge in [-0.1, -0.05) is 29.8 Å². The van der Waals surface area contributed by atoms with E-state index >= 15 is 0 Å². The number of amides is 1. The van der Waals surface area contributed by atoms with Crippen molar-refractivity contribution in [1.82, 2.24) is 4.98 Å². The summed E-state index contributed by atoms with van der Waals surface area (Å²) < 4.78 is 10.9. The van der Waals surface area contributed by atoms with Crippen LogP contribution in [0.15, 0.2) is 65.1 Å². The van der Waals surface area contributed by atoms with Crippen molar-refractivity contribution in [1.29, 1.82) is 0 Å². The number of rotatable bonds is 5. The van der Waals surface area contributed by atoms with E-state index < -0.39 is 0 Å². The molecule has 0 aliphatic carbocycles. The second-order valence-electron chi connectivity index (χ2n) is 6.76. The van der Waals surface area contributed by atoms with Crippen LogP contribution in [-0.2, 0) is 6.42 Å². The van der Waals surface area contributed by atoms with Gasteiger partial charge in [0.1, 0.15) is 11.3 Å². The predicted octanol–water partition coefficient (Wildman–Crippen LogP) is 5.64. The summed E-state index contributed by atoms with van der Waals surface area (Å²) in [5.41, 5.74) is 4.99. The van der Waals surface area contributed by atoms with Gasteiger partial charge in [-0.25, -0.2) is 4.98 Å². The SMILES string of the molecule is COc1ccc(C(=O)Nc2ccc(Cc3nc4cc(C)ccc4o3)cc2)cc1Cl. The van der Waals surface area contributed by atoms with Gasteiger partial charge in [0.2, 0.25) is 0 Å². The maximum absolute atomic E-state index is 12.4. The van der Waals surface area contributed by atoms with Crippen molar-refractivity contribution in [3.63, 3.8) is 0 Å². The smallest absolute Gasteiger partial charge is 0.255 e. The number of halogens is 1. The maximum Gasteiger partial charge on any atom is 0.255 e. The van der Waals surface area contributed by atoms with E-state index in [-0.39, 0.29) is 5.91 Å². The highest BCUT2D eigenvalue weighted by molar-refractivity contribution is 6.32.